The third-order valence-corrected chi connectivity index (χ3v) is 24.5. The zero-order valence-corrected chi connectivity index (χ0v) is 65.7. The fraction of sp³-hybridized carbons (Fsp3) is 0.178. The van der Waals surface area contributed by atoms with E-state index in [0.29, 0.717) is 36.0 Å². The fourth-order valence-electron chi connectivity index (χ4n) is 14.0. The molecule has 12 aromatic carbocycles. The number of fused-ring (bicyclic) bond motifs is 2. The number of halogens is 2. The molecule has 0 saturated heterocycles. The topological polar surface area (TPSA) is 224 Å². The van der Waals surface area contributed by atoms with Gasteiger partial charge < -0.3 is 54.8 Å². The van der Waals surface area contributed by atoms with E-state index in [9.17, 15) is 50.4 Å². The first-order valence-corrected chi connectivity index (χ1v) is 45.1. The first kappa shape index (κ1) is 77.5. The molecule has 14 rings (SSSR count). The molecule has 542 valence electrons. The van der Waals surface area contributed by atoms with Crippen LogP contribution in [0.3, 0.4) is 0 Å². The summed E-state index contributed by atoms with van der Waals surface area (Å²) in [6, 6.07) is 83.1. The van der Waals surface area contributed by atoms with Crippen LogP contribution in [0.4, 0.5) is 0 Å². The van der Waals surface area contributed by atoms with Gasteiger partial charge in [-0.05, 0) is 139 Å². The third-order valence-electron chi connectivity index (χ3n) is 19.5. The quantitative estimate of drug-likeness (QED) is 0.0398. The summed E-state index contributed by atoms with van der Waals surface area (Å²) in [6.07, 6.45) is 1.08. The van der Waals surface area contributed by atoms with Crippen molar-refractivity contribution in [1.29, 1.82) is 0 Å². The van der Waals surface area contributed by atoms with Crippen molar-refractivity contribution in [2.75, 3.05) is 0 Å². The van der Waals surface area contributed by atoms with Gasteiger partial charge in [0.25, 0.3) is 0 Å². The van der Waals surface area contributed by atoms with Crippen LogP contribution >= 0.6 is 19.4 Å². The van der Waals surface area contributed by atoms with Crippen LogP contribution in [0.1, 0.15) is 150 Å². The molecule has 0 aliphatic carbocycles. The third kappa shape index (κ3) is 18.3. The summed E-state index contributed by atoms with van der Waals surface area (Å²) < 4.78 is 19.5. The minimum atomic E-state index is -2.75. The van der Waals surface area contributed by atoms with Gasteiger partial charge in [-0.2, -0.15) is 0 Å². The van der Waals surface area contributed by atoms with Crippen molar-refractivity contribution in [3.05, 3.63) is 355 Å². The van der Waals surface area contributed by atoms with Gasteiger partial charge in [0, 0.05) is 48.1 Å². The Morgan fingerprint density at radius 1 is 0.430 bits per heavy atom. The van der Waals surface area contributed by atoms with Gasteiger partial charge in [0.2, 0.25) is 0 Å². The summed E-state index contributed by atoms with van der Waals surface area (Å²) in [5, 5.41) is 86.9. The van der Waals surface area contributed by atoms with E-state index >= 15 is 0 Å². The van der Waals surface area contributed by atoms with Crippen LogP contribution in [0.25, 0.3) is 0 Å². The van der Waals surface area contributed by atoms with Gasteiger partial charge in [-0.25, -0.2) is 0 Å². The number of aliphatic hydroxyl groups excluding tert-OH is 1. The number of aliphatic hydroxyl groups is 1. The van der Waals surface area contributed by atoms with Crippen molar-refractivity contribution in [2.24, 2.45) is 0 Å². The van der Waals surface area contributed by atoms with Gasteiger partial charge in [0.1, 0.15) is 80.8 Å². The number of ketones is 2. The Balaban J connectivity index is 0.000000174. The second-order valence-corrected chi connectivity index (χ2v) is 36.6. The summed E-state index contributed by atoms with van der Waals surface area (Å²) in [5.41, 5.74) is 12.4. The van der Waals surface area contributed by atoms with E-state index in [4.69, 9.17) is 33.3 Å². The zero-order valence-electron chi connectivity index (χ0n) is 60.2. The number of carbonyl (C=O) groups is 2. The average Bonchev–Trinajstić information content (AvgIpc) is 0.747. The van der Waals surface area contributed by atoms with Crippen LogP contribution in [0.15, 0.2) is 261 Å². The van der Waals surface area contributed by atoms with E-state index in [1.807, 2.05) is 146 Å². The maximum absolute atomic E-state index is 13.9. The van der Waals surface area contributed by atoms with Crippen LogP contribution in [-0.4, -0.2) is 60.7 Å². The summed E-state index contributed by atoms with van der Waals surface area (Å²) in [5.74, 6) is -0.146. The average molecular weight is 1540 g/mol. The molecule has 0 spiro atoms. The molecule has 0 amide bonds. The number of Topliss-reactive ketones (excluding diaryl/α,β-unsaturated/α-hetero) is 2. The monoisotopic (exact) mass is 1530 g/mol. The van der Waals surface area contributed by atoms with Crippen molar-refractivity contribution in [1.82, 2.24) is 0 Å². The molecule has 12 aromatic rings. The Morgan fingerprint density at radius 3 is 1.31 bits per heavy atom. The number of aromatic hydroxyl groups is 7. The van der Waals surface area contributed by atoms with E-state index < -0.39 is 29.6 Å². The number of aryl methyl sites for hydroxylation is 2. The predicted octanol–water partition coefficient (Wildman–Crippen LogP) is 18.8. The second kappa shape index (κ2) is 35.2. The van der Waals surface area contributed by atoms with E-state index in [0.717, 1.165) is 67.5 Å². The number of hydrogen-bond donors (Lipinski definition) is 8. The van der Waals surface area contributed by atoms with Crippen LogP contribution in [0, 0.1) is 13.8 Å². The molecule has 2 aliphatic rings. The molecule has 2 heterocycles. The van der Waals surface area contributed by atoms with Crippen LogP contribution in [-0.2, 0) is 53.9 Å². The van der Waals surface area contributed by atoms with Crippen LogP contribution in [0.2, 0.25) is 5.04 Å². The molecular weight excluding hydrogens is 1450 g/mol. The number of phenolic OH excluding ortho intramolecular Hbond substituents is 6. The number of hydrogen-bond acceptors (Lipinski definition) is 13. The van der Waals surface area contributed by atoms with Crippen molar-refractivity contribution >= 4 is 49.6 Å². The molecule has 2 aliphatic heterocycles. The number of phenols is 7. The molecule has 8 N–H and O–H groups in total. The first-order valence-electron chi connectivity index (χ1n) is 35.3. The standard InChI is InChI=1S/C45H40O6.C30H32O3Si.C15H12O4.2ClH.Zn/c1-27-10-6-8-14-32(27)20-29-16-18-38(46)34(22-29)24-36-43(49)37(25-35-23-30(17-19-39(35)47)21-33-15-9-7-11-28(33)2)45-42(44(36)50)40(48)26-41(51-45)31-12-4-3-5-13-31;1-30(2,3)34(26-13-6-4-7-14-26,27-15-8-5-9-16-27)33-29-17-11-10-12-24(29)20-23-18-19-28(32)25(21-23)22-31;16-10-6-11(17)15-12(18)8-13(19-14(15)7-10)9-4-2-1-3-5-9;;;/h3-19,22-23,41,46-47,49-50H,20-21,24-26H2,1-2H3;4-19,21,31-32H,20,22H2,1-3H3;1-7,13,16-17H,8H2;2*1H;/q;;;;;+2/p-2/t41-;;13-;;;/m0.0.../s1. The minimum absolute atomic E-state index is 0.00253. The van der Waals surface area contributed by atoms with Crippen molar-refractivity contribution in [3.8, 4) is 57.5 Å². The van der Waals surface area contributed by atoms with Gasteiger partial charge >= 0.3 is 42.8 Å². The van der Waals surface area contributed by atoms with Crippen molar-refractivity contribution in [2.45, 2.75) is 103 Å². The second-order valence-electron chi connectivity index (χ2n) is 27.7. The van der Waals surface area contributed by atoms with E-state index in [1.165, 1.54) is 16.4 Å². The summed E-state index contributed by atoms with van der Waals surface area (Å²) in [6.45, 7) is 10.7. The Labute approximate surface area is 641 Å². The molecule has 2 atom stereocenters. The van der Waals surface area contributed by atoms with E-state index in [1.54, 1.807) is 18.2 Å². The molecule has 0 fully saturated rings. The number of para-hydroxylation sites is 1. The molecule has 0 unspecified atom stereocenters. The first-order chi connectivity index (χ1) is 51.6. The van der Waals surface area contributed by atoms with Gasteiger partial charge in [-0.1, -0.05) is 239 Å². The van der Waals surface area contributed by atoms with Gasteiger partial charge in [0.05, 0.1) is 19.4 Å². The molecule has 0 aromatic heterocycles. The molecule has 0 bridgehead atoms. The van der Waals surface area contributed by atoms with Crippen LogP contribution in [0.5, 0.6) is 57.5 Å². The van der Waals surface area contributed by atoms with Gasteiger partial charge in [-0.15, -0.1) is 0 Å². The fourth-order valence-corrected chi connectivity index (χ4v) is 18.5. The van der Waals surface area contributed by atoms with Crippen molar-refractivity contribution < 1.29 is 79.5 Å². The molecule has 0 radical (unpaired) electrons. The summed E-state index contributed by atoms with van der Waals surface area (Å²) in [4.78, 5) is 26.0. The molecule has 0 saturated carbocycles. The maximum atomic E-state index is 13.9. The summed E-state index contributed by atoms with van der Waals surface area (Å²) in [7, 11) is 7.16. The van der Waals surface area contributed by atoms with E-state index in [-0.39, 0.29) is 129 Å². The zero-order chi connectivity index (χ0) is 75.9. The normalized spacial score (nSPS) is 13.6. The Bertz CT molecular complexity index is 5060. The Morgan fingerprint density at radius 2 is 0.832 bits per heavy atom. The number of carbonyl (C=O) groups excluding carboxylic acids is 2. The Kier molecular flexibility index (Phi) is 25.5. The molecule has 17 heteroatoms. The van der Waals surface area contributed by atoms with E-state index in [2.05, 4.69) is 120 Å². The van der Waals surface area contributed by atoms with Crippen LogP contribution < -0.4 is 24.3 Å². The predicted molar refractivity (Wildman–Crippen MR) is 420 cm³/mol. The van der Waals surface area contributed by atoms with Gasteiger partial charge in [0.15, 0.2) is 11.6 Å². The molecule has 13 nitrogen and oxygen atoms in total. The van der Waals surface area contributed by atoms with Crippen molar-refractivity contribution in [3.63, 3.8) is 0 Å². The molecular formula is C90H84Cl2O13SiZn. The Hall–Kier alpha value is -10.6. The number of rotatable bonds is 17. The SMILES string of the molecule is CC(C)(C)[Si](Oc1ccccc1Cc1ccc(O)c(CO)c1)(c1ccccc1)c1ccccc1.Cc1ccccc1Cc1ccc(O)c(Cc2c(O)c(Cc3cc(Cc4ccccc4C)ccc3O)c3c(c2O)C(=O)C[C@@H](c2ccccc2)O3)c1.O=C1C[C@@H](c2ccccc2)Oc2cc(O)cc(O)c21.[Cl][Zn][Cl]. The summed E-state index contributed by atoms with van der Waals surface area (Å²) >= 11 is -0.931. The molecule has 107 heavy (non-hydrogen) atoms. The number of ether oxygens (including phenoxy) is 2. The number of benzene rings is 12. The van der Waals surface area contributed by atoms with Gasteiger partial charge in [-0.3, -0.25) is 9.59 Å².